The quantitative estimate of drug-likeness (QED) is 0.336. The number of H-pyrrole nitrogens is 1. The Balaban J connectivity index is 1.26. The number of amides is 1. The molecule has 2 aliphatic carbocycles. The van der Waals surface area contributed by atoms with Crippen LogP contribution in [0.3, 0.4) is 0 Å². The number of hydrogen-bond acceptors (Lipinski definition) is 8. The summed E-state index contributed by atoms with van der Waals surface area (Å²) >= 11 is 0. The second-order valence-corrected chi connectivity index (χ2v) is 10.7. The van der Waals surface area contributed by atoms with Crippen molar-refractivity contribution in [2.75, 3.05) is 30.4 Å². The number of halogens is 1. The molecule has 2 aliphatic heterocycles. The van der Waals surface area contributed by atoms with Crippen LogP contribution in [-0.4, -0.2) is 52.0 Å². The van der Waals surface area contributed by atoms with Crippen LogP contribution in [0, 0.1) is 17.7 Å². The van der Waals surface area contributed by atoms with E-state index in [9.17, 15) is 9.18 Å². The fourth-order valence-corrected chi connectivity index (χ4v) is 6.42. The van der Waals surface area contributed by atoms with Crippen molar-refractivity contribution < 1.29 is 13.9 Å². The van der Waals surface area contributed by atoms with Gasteiger partial charge in [0.15, 0.2) is 0 Å². The van der Waals surface area contributed by atoms with E-state index in [-0.39, 0.29) is 29.3 Å². The Hall–Kier alpha value is -3.99. The molecule has 3 aromatic heterocycles. The lowest BCUT2D eigenvalue weighted by Crippen LogP contribution is -2.46. The van der Waals surface area contributed by atoms with Crippen molar-refractivity contribution in [2.24, 2.45) is 17.6 Å². The van der Waals surface area contributed by atoms with Gasteiger partial charge in [-0.1, -0.05) is 0 Å². The van der Waals surface area contributed by atoms with Crippen molar-refractivity contribution in [1.82, 2.24) is 25.3 Å². The van der Waals surface area contributed by atoms with Crippen molar-refractivity contribution in [2.45, 2.75) is 30.8 Å². The van der Waals surface area contributed by atoms with E-state index in [2.05, 4.69) is 30.5 Å². The van der Waals surface area contributed by atoms with Gasteiger partial charge >= 0.3 is 6.01 Å². The number of carbonyl (C=O) groups excluding carboxylic acids is 1. The van der Waals surface area contributed by atoms with E-state index in [0.717, 1.165) is 48.9 Å². The molecule has 1 aromatic carbocycles. The number of ether oxygens (including phenoxy) is 1. The highest BCUT2D eigenvalue weighted by Gasteiger charge is 2.53. The largest absolute Gasteiger partial charge is 0.423 e. The lowest BCUT2D eigenvalue weighted by molar-refractivity contribution is 0.0952. The van der Waals surface area contributed by atoms with Crippen LogP contribution >= 0.6 is 0 Å². The van der Waals surface area contributed by atoms with E-state index in [1.54, 1.807) is 19.3 Å². The van der Waals surface area contributed by atoms with Gasteiger partial charge in [0.05, 0.1) is 39.6 Å². The van der Waals surface area contributed by atoms with Crippen molar-refractivity contribution in [3.05, 3.63) is 41.5 Å². The number of nitrogens with zero attached hydrogens (tertiary/aromatic N) is 4. The number of hydrogen-bond donors (Lipinski definition) is 4. The molecule has 1 amide bonds. The molecule has 0 radical (unpaired) electrons. The van der Waals surface area contributed by atoms with Crippen LogP contribution in [0.5, 0.6) is 11.8 Å². The zero-order chi connectivity index (χ0) is 25.1. The number of nitrogens with two attached hydrogens (primary N) is 1. The van der Waals surface area contributed by atoms with Crippen LogP contribution in [0.15, 0.2) is 24.4 Å². The summed E-state index contributed by atoms with van der Waals surface area (Å²) in [7, 11) is 1.75. The van der Waals surface area contributed by atoms with Gasteiger partial charge in [-0.15, -0.1) is 0 Å². The molecule has 37 heavy (non-hydrogen) atoms. The van der Waals surface area contributed by atoms with Gasteiger partial charge in [-0.3, -0.25) is 9.78 Å². The standard InChI is InChI=1S/C26H25FN8O2/c1-29-18-6-12(27)5-14-19-22(31-20(14)18)32-25(33-23(19)35-9-11-4-17(28)16(11)10-35)37-13-7-15-21(30-8-13)26(2-3-26)34-24(15)36/h5-8,11,16-17,29H,2-4,9-10,28H2,1H3,(H,34,36)(H,31,32,33)/t11?,16?,17-/m1/s1. The van der Waals surface area contributed by atoms with Gasteiger partial charge in [0, 0.05) is 31.6 Å². The fraction of sp³-hybridized carbons (Fsp3) is 0.385. The molecule has 2 saturated carbocycles. The van der Waals surface area contributed by atoms with Crippen LogP contribution in [0.2, 0.25) is 0 Å². The monoisotopic (exact) mass is 500 g/mol. The Labute approximate surface area is 210 Å². The molecule has 0 bridgehead atoms. The third-order valence-corrected chi connectivity index (χ3v) is 8.54. The van der Waals surface area contributed by atoms with Crippen LogP contribution in [-0.2, 0) is 5.54 Å². The Morgan fingerprint density at radius 3 is 2.86 bits per heavy atom. The van der Waals surface area contributed by atoms with E-state index in [1.165, 1.54) is 12.1 Å². The predicted octanol–water partition coefficient (Wildman–Crippen LogP) is 3.00. The summed E-state index contributed by atoms with van der Waals surface area (Å²) in [4.78, 5) is 32.1. The van der Waals surface area contributed by atoms with Crippen LogP contribution < -0.4 is 26.0 Å². The Bertz CT molecular complexity index is 1650. The van der Waals surface area contributed by atoms with Gasteiger partial charge in [-0.25, -0.2) is 4.39 Å². The van der Waals surface area contributed by atoms with Crippen molar-refractivity contribution in [1.29, 1.82) is 0 Å². The van der Waals surface area contributed by atoms with Crippen molar-refractivity contribution >= 4 is 39.3 Å². The van der Waals surface area contributed by atoms with Gasteiger partial charge in [0.1, 0.15) is 23.0 Å². The van der Waals surface area contributed by atoms with Gasteiger partial charge in [-0.05, 0) is 49.3 Å². The molecular formula is C26H25FN8O2. The second-order valence-electron chi connectivity index (χ2n) is 10.7. The number of aromatic nitrogens is 4. The molecule has 5 N–H and O–H groups in total. The molecule has 1 saturated heterocycles. The smallest absolute Gasteiger partial charge is 0.326 e. The van der Waals surface area contributed by atoms with E-state index in [4.69, 9.17) is 15.5 Å². The first-order valence-electron chi connectivity index (χ1n) is 12.6. The number of pyridine rings is 1. The van der Waals surface area contributed by atoms with Gasteiger partial charge < -0.3 is 31.0 Å². The molecule has 10 nitrogen and oxygen atoms in total. The highest BCUT2D eigenvalue weighted by molar-refractivity contribution is 6.14. The average Bonchev–Trinajstić information content (AvgIpc) is 3.31. The number of benzene rings is 1. The first-order chi connectivity index (χ1) is 17.9. The third kappa shape index (κ3) is 2.94. The topological polar surface area (TPSA) is 134 Å². The minimum atomic E-state index is -0.344. The van der Waals surface area contributed by atoms with E-state index in [0.29, 0.717) is 45.7 Å². The van der Waals surface area contributed by atoms with Crippen molar-refractivity contribution in [3.8, 4) is 11.8 Å². The highest BCUT2D eigenvalue weighted by Crippen LogP contribution is 2.50. The normalized spacial score (nSPS) is 24.8. The Morgan fingerprint density at radius 2 is 2.11 bits per heavy atom. The summed E-state index contributed by atoms with van der Waals surface area (Å²) in [5, 5.41) is 7.54. The molecule has 4 aromatic rings. The fourth-order valence-electron chi connectivity index (χ4n) is 6.42. The minimum absolute atomic E-state index is 0.130. The van der Waals surface area contributed by atoms with Crippen LogP contribution in [0.1, 0.15) is 35.3 Å². The molecule has 4 aliphatic rings. The molecule has 3 fully saturated rings. The number of fused-ring (bicyclic) bond motifs is 6. The maximum atomic E-state index is 14.6. The van der Waals surface area contributed by atoms with E-state index < -0.39 is 0 Å². The summed E-state index contributed by atoms with van der Waals surface area (Å²) < 4.78 is 20.7. The summed E-state index contributed by atoms with van der Waals surface area (Å²) in [5.74, 6) is 1.53. The predicted molar refractivity (Wildman–Crippen MR) is 135 cm³/mol. The average molecular weight is 501 g/mol. The number of anilines is 2. The Morgan fingerprint density at radius 1 is 1.24 bits per heavy atom. The zero-order valence-electron chi connectivity index (χ0n) is 20.1. The van der Waals surface area contributed by atoms with Gasteiger partial charge in [0.2, 0.25) is 0 Å². The summed E-state index contributed by atoms with van der Waals surface area (Å²) in [5.41, 5.74) is 9.20. The molecule has 11 heteroatoms. The summed E-state index contributed by atoms with van der Waals surface area (Å²) in [6, 6.07) is 4.98. The molecular weight excluding hydrogens is 475 g/mol. The molecule has 8 rings (SSSR count). The van der Waals surface area contributed by atoms with E-state index >= 15 is 0 Å². The number of rotatable bonds is 4. The van der Waals surface area contributed by atoms with Gasteiger partial charge in [-0.2, -0.15) is 9.97 Å². The number of carbonyl (C=O) groups is 1. The first-order valence-corrected chi connectivity index (χ1v) is 12.6. The van der Waals surface area contributed by atoms with E-state index in [1.807, 2.05) is 0 Å². The molecule has 3 atom stereocenters. The maximum absolute atomic E-state index is 14.6. The summed E-state index contributed by atoms with van der Waals surface area (Å²) in [6.45, 7) is 1.61. The second kappa shape index (κ2) is 7.06. The van der Waals surface area contributed by atoms with Gasteiger partial charge in [0.25, 0.3) is 5.91 Å². The highest BCUT2D eigenvalue weighted by atomic mass is 19.1. The lowest BCUT2D eigenvalue weighted by Gasteiger charge is -2.36. The van der Waals surface area contributed by atoms with Crippen molar-refractivity contribution in [3.63, 3.8) is 0 Å². The maximum Gasteiger partial charge on any atom is 0.326 e. The molecule has 188 valence electrons. The minimum Gasteiger partial charge on any atom is -0.423 e. The van der Waals surface area contributed by atoms with Crippen LogP contribution in [0.25, 0.3) is 21.9 Å². The number of aromatic amines is 1. The SMILES string of the molecule is CNc1cc(F)cc2c1[nH]c1nc(Oc3cnc4c(c3)C(=O)NC43CC3)nc(N3CC4C[C@@H](N)C4C3)c12. The first kappa shape index (κ1) is 21.1. The number of nitrogens with one attached hydrogen (secondary N) is 3. The molecule has 5 heterocycles. The Kier molecular flexibility index (Phi) is 4.03. The van der Waals surface area contributed by atoms with Crippen LogP contribution in [0.4, 0.5) is 15.9 Å². The molecule has 2 unspecified atom stereocenters. The molecule has 1 spiro atoms. The lowest BCUT2D eigenvalue weighted by atomic mass is 9.72. The zero-order valence-corrected chi connectivity index (χ0v) is 20.1. The summed E-state index contributed by atoms with van der Waals surface area (Å²) in [6.07, 6.45) is 4.41. The third-order valence-electron chi connectivity index (χ3n) is 8.54.